The van der Waals surface area contributed by atoms with Crippen LogP contribution in [0.15, 0.2) is 71.6 Å². The van der Waals surface area contributed by atoms with Gasteiger partial charge in [0.15, 0.2) is 0 Å². The number of hydrogen-bond acceptors (Lipinski definition) is 5. The van der Waals surface area contributed by atoms with Crippen LogP contribution in [0.25, 0.3) is 0 Å². The second kappa shape index (κ2) is 14.3. The predicted octanol–water partition coefficient (Wildman–Crippen LogP) is 6.04. The second-order valence-corrected chi connectivity index (χ2v) is 12.8. The van der Waals surface area contributed by atoms with Gasteiger partial charge in [-0.3, -0.25) is 13.9 Å². The molecule has 0 aliphatic carbocycles. The molecule has 0 saturated carbocycles. The van der Waals surface area contributed by atoms with Crippen molar-refractivity contribution in [1.82, 2.24) is 10.2 Å². The molecular formula is C29H32Cl3N3O5S. The molecule has 3 aromatic rings. The highest BCUT2D eigenvalue weighted by molar-refractivity contribution is 7.92. The molecule has 220 valence electrons. The van der Waals surface area contributed by atoms with Crippen LogP contribution in [0.4, 0.5) is 5.69 Å². The number of anilines is 1. The van der Waals surface area contributed by atoms with Crippen LogP contribution < -0.4 is 14.4 Å². The molecule has 0 spiro atoms. The van der Waals surface area contributed by atoms with Crippen LogP contribution in [-0.4, -0.2) is 51.4 Å². The summed E-state index contributed by atoms with van der Waals surface area (Å²) in [4.78, 5) is 28.3. The summed E-state index contributed by atoms with van der Waals surface area (Å²) >= 11 is 19.0. The van der Waals surface area contributed by atoms with Gasteiger partial charge in [-0.1, -0.05) is 60.8 Å². The maximum absolute atomic E-state index is 14.0. The molecule has 0 fully saturated rings. The average molecular weight is 641 g/mol. The van der Waals surface area contributed by atoms with Gasteiger partial charge in [0.2, 0.25) is 11.8 Å². The Bertz CT molecular complexity index is 1460. The summed E-state index contributed by atoms with van der Waals surface area (Å²) in [5.41, 5.74) is 0.606. The summed E-state index contributed by atoms with van der Waals surface area (Å²) in [6.45, 7) is 5.12. The summed E-state index contributed by atoms with van der Waals surface area (Å²) < 4.78 is 33.9. The van der Waals surface area contributed by atoms with Crippen LogP contribution in [0, 0.1) is 5.92 Å². The third-order valence-electron chi connectivity index (χ3n) is 6.26. The molecule has 0 aliphatic heterocycles. The minimum absolute atomic E-state index is 0.0606. The Hall–Kier alpha value is -2.98. The van der Waals surface area contributed by atoms with Crippen molar-refractivity contribution in [2.75, 3.05) is 24.5 Å². The molecule has 0 bridgehead atoms. The standard InChI is InChI=1S/C29H32Cl3N3O5S/c1-19(2)16-33-29(37)20(3)34(17-25-26(31)9-6-10-27(25)32)28(36)18-35(22-8-5-7-21(30)15-22)41(38,39)24-13-11-23(40-4)12-14-24/h5-15,19-20H,16-18H2,1-4H3,(H,33,37)/t20-/m0/s1. The number of amides is 2. The first-order chi connectivity index (χ1) is 19.3. The Kier molecular flexibility index (Phi) is 11.3. The summed E-state index contributed by atoms with van der Waals surface area (Å²) in [7, 11) is -2.79. The molecular weight excluding hydrogens is 609 g/mol. The van der Waals surface area contributed by atoms with Crippen molar-refractivity contribution in [2.24, 2.45) is 5.92 Å². The third kappa shape index (κ3) is 8.29. The Balaban J connectivity index is 2.05. The maximum Gasteiger partial charge on any atom is 0.264 e. The SMILES string of the molecule is COc1ccc(S(=O)(=O)N(CC(=O)N(Cc2c(Cl)cccc2Cl)[C@@H](C)C(=O)NCC(C)C)c2cccc(Cl)c2)cc1. The smallest absolute Gasteiger partial charge is 0.264 e. The highest BCUT2D eigenvalue weighted by atomic mass is 35.5. The van der Waals surface area contributed by atoms with Crippen molar-refractivity contribution in [3.8, 4) is 5.75 Å². The van der Waals surface area contributed by atoms with Gasteiger partial charge in [-0.15, -0.1) is 0 Å². The van der Waals surface area contributed by atoms with E-state index >= 15 is 0 Å². The number of rotatable bonds is 12. The molecule has 41 heavy (non-hydrogen) atoms. The average Bonchev–Trinajstić information content (AvgIpc) is 2.93. The van der Waals surface area contributed by atoms with Crippen LogP contribution >= 0.6 is 34.8 Å². The summed E-state index contributed by atoms with van der Waals surface area (Å²) in [5.74, 6) is -0.396. The number of carbonyl (C=O) groups is 2. The number of halogens is 3. The first-order valence-corrected chi connectivity index (χ1v) is 15.3. The quantitative estimate of drug-likeness (QED) is 0.261. The predicted molar refractivity (Wildman–Crippen MR) is 163 cm³/mol. The van der Waals surface area contributed by atoms with Gasteiger partial charge in [0.1, 0.15) is 18.3 Å². The molecule has 0 radical (unpaired) electrons. The van der Waals surface area contributed by atoms with Crippen LogP contribution in [-0.2, 0) is 26.2 Å². The molecule has 0 unspecified atom stereocenters. The van der Waals surface area contributed by atoms with E-state index in [-0.39, 0.29) is 28.1 Å². The summed E-state index contributed by atoms with van der Waals surface area (Å²) in [6, 6.07) is 15.9. The molecule has 12 heteroatoms. The number of carbonyl (C=O) groups excluding carboxylic acids is 2. The Morgan fingerprint density at radius 1 is 0.927 bits per heavy atom. The van der Waals surface area contributed by atoms with Gasteiger partial charge in [0.25, 0.3) is 10.0 Å². The number of nitrogens with one attached hydrogen (secondary N) is 1. The molecule has 1 N–H and O–H groups in total. The number of ether oxygens (including phenoxy) is 1. The lowest BCUT2D eigenvalue weighted by atomic mass is 10.1. The highest BCUT2D eigenvalue weighted by Crippen LogP contribution is 2.29. The van der Waals surface area contributed by atoms with E-state index in [2.05, 4.69) is 5.32 Å². The van der Waals surface area contributed by atoms with Crippen LogP contribution in [0.2, 0.25) is 15.1 Å². The van der Waals surface area contributed by atoms with Crippen LogP contribution in [0.5, 0.6) is 5.75 Å². The monoisotopic (exact) mass is 639 g/mol. The lowest BCUT2D eigenvalue weighted by Crippen LogP contribution is -2.51. The Morgan fingerprint density at radius 2 is 1.54 bits per heavy atom. The zero-order valence-corrected chi connectivity index (χ0v) is 26.2. The van der Waals surface area contributed by atoms with Crippen molar-refractivity contribution >= 4 is 62.3 Å². The fourth-order valence-corrected chi connectivity index (χ4v) is 6.03. The first kappa shape index (κ1) is 32.5. The number of nitrogens with zero attached hydrogens (tertiary/aromatic N) is 2. The van der Waals surface area contributed by atoms with Gasteiger partial charge in [0, 0.05) is 33.7 Å². The number of benzene rings is 3. The lowest BCUT2D eigenvalue weighted by Gasteiger charge is -2.32. The minimum atomic E-state index is -4.26. The molecule has 8 nitrogen and oxygen atoms in total. The summed E-state index contributed by atoms with van der Waals surface area (Å²) in [6.07, 6.45) is 0. The molecule has 0 heterocycles. The molecule has 0 aliphatic rings. The fraction of sp³-hybridized carbons (Fsp3) is 0.310. The lowest BCUT2D eigenvalue weighted by molar-refractivity contribution is -0.139. The van der Waals surface area contributed by atoms with E-state index in [4.69, 9.17) is 39.5 Å². The molecule has 0 saturated heterocycles. The molecule has 2 amide bonds. The Morgan fingerprint density at radius 3 is 2.10 bits per heavy atom. The zero-order valence-electron chi connectivity index (χ0n) is 23.1. The van der Waals surface area contributed by atoms with E-state index in [1.165, 1.54) is 48.4 Å². The van der Waals surface area contributed by atoms with E-state index in [1.54, 1.807) is 37.3 Å². The van der Waals surface area contributed by atoms with E-state index < -0.39 is 34.4 Å². The number of methoxy groups -OCH3 is 1. The molecule has 3 aromatic carbocycles. The van der Waals surface area contributed by atoms with Gasteiger partial charge >= 0.3 is 0 Å². The largest absolute Gasteiger partial charge is 0.497 e. The zero-order chi connectivity index (χ0) is 30.3. The Labute approximate surface area is 256 Å². The molecule has 0 aromatic heterocycles. The fourth-order valence-electron chi connectivity index (χ4n) is 3.92. The second-order valence-electron chi connectivity index (χ2n) is 9.70. The van der Waals surface area contributed by atoms with Gasteiger partial charge in [0.05, 0.1) is 17.7 Å². The normalized spacial score (nSPS) is 12.1. The van der Waals surface area contributed by atoms with Gasteiger partial charge in [-0.25, -0.2) is 8.42 Å². The minimum Gasteiger partial charge on any atom is -0.497 e. The van der Waals surface area contributed by atoms with Crippen LogP contribution in [0.1, 0.15) is 26.3 Å². The number of sulfonamides is 1. The van der Waals surface area contributed by atoms with Crippen molar-refractivity contribution in [3.05, 3.63) is 87.4 Å². The van der Waals surface area contributed by atoms with Crippen molar-refractivity contribution < 1.29 is 22.7 Å². The van der Waals surface area contributed by atoms with Gasteiger partial charge < -0.3 is 15.0 Å². The molecule has 1 atom stereocenters. The number of hydrogen-bond donors (Lipinski definition) is 1. The van der Waals surface area contributed by atoms with E-state index in [1.807, 2.05) is 13.8 Å². The van der Waals surface area contributed by atoms with E-state index in [0.29, 0.717) is 27.9 Å². The van der Waals surface area contributed by atoms with Crippen molar-refractivity contribution in [1.29, 1.82) is 0 Å². The topological polar surface area (TPSA) is 96.0 Å². The first-order valence-electron chi connectivity index (χ1n) is 12.8. The summed E-state index contributed by atoms with van der Waals surface area (Å²) in [5, 5.41) is 3.73. The van der Waals surface area contributed by atoms with Gasteiger partial charge in [-0.2, -0.15) is 0 Å². The third-order valence-corrected chi connectivity index (χ3v) is 9.00. The van der Waals surface area contributed by atoms with Crippen molar-refractivity contribution in [2.45, 2.75) is 38.3 Å². The highest BCUT2D eigenvalue weighted by Gasteiger charge is 2.33. The van der Waals surface area contributed by atoms with E-state index in [0.717, 1.165) is 4.31 Å². The molecule has 3 rings (SSSR count). The van der Waals surface area contributed by atoms with Crippen molar-refractivity contribution in [3.63, 3.8) is 0 Å². The van der Waals surface area contributed by atoms with E-state index in [9.17, 15) is 18.0 Å². The van der Waals surface area contributed by atoms with Crippen LogP contribution in [0.3, 0.4) is 0 Å². The maximum atomic E-state index is 14.0. The van der Waals surface area contributed by atoms with Gasteiger partial charge in [-0.05, 0) is 67.4 Å².